The van der Waals surface area contributed by atoms with Gasteiger partial charge in [-0.25, -0.2) is 8.42 Å². The Kier molecular flexibility index (Phi) is 7.60. The molecule has 0 atom stereocenters. The Morgan fingerprint density at radius 2 is 1.85 bits per heavy atom. The summed E-state index contributed by atoms with van der Waals surface area (Å²) in [5.41, 5.74) is 1.48. The topological polar surface area (TPSA) is 96.0 Å². The van der Waals surface area contributed by atoms with Crippen LogP contribution in [0, 0.1) is 0 Å². The van der Waals surface area contributed by atoms with E-state index in [1.807, 2.05) is 12.1 Å². The van der Waals surface area contributed by atoms with Crippen molar-refractivity contribution >= 4 is 50.9 Å². The van der Waals surface area contributed by atoms with Crippen molar-refractivity contribution in [2.24, 2.45) is 0 Å². The number of halogens is 1. The quantitative estimate of drug-likeness (QED) is 0.614. The number of hydrogen-bond acceptors (Lipinski definition) is 6. The van der Waals surface area contributed by atoms with Crippen LogP contribution in [0.15, 0.2) is 52.3 Å². The predicted octanol–water partition coefficient (Wildman–Crippen LogP) is 2.16. The molecule has 8 nitrogen and oxygen atoms in total. The zero-order chi connectivity index (χ0) is 23.4. The number of ether oxygens (including phenoxy) is 1. The predicted molar refractivity (Wildman–Crippen MR) is 127 cm³/mol. The van der Waals surface area contributed by atoms with Crippen molar-refractivity contribution in [3.8, 4) is 0 Å². The van der Waals surface area contributed by atoms with E-state index in [9.17, 15) is 18.0 Å². The molecule has 2 aromatic rings. The fourth-order valence-corrected chi connectivity index (χ4v) is 6.12. The van der Waals surface area contributed by atoms with Crippen LogP contribution in [-0.2, 0) is 30.8 Å². The summed E-state index contributed by atoms with van der Waals surface area (Å²) in [6, 6.07) is 12.1. The number of thioether (sulfide) groups is 1. The molecule has 0 saturated carbocycles. The van der Waals surface area contributed by atoms with Crippen LogP contribution in [0.3, 0.4) is 0 Å². The van der Waals surface area contributed by atoms with Gasteiger partial charge in [0.15, 0.2) is 0 Å². The number of amides is 2. The highest BCUT2D eigenvalue weighted by Gasteiger charge is 2.31. The smallest absolute Gasteiger partial charge is 0.243 e. The van der Waals surface area contributed by atoms with E-state index in [1.165, 1.54) is 27.0 Å². The number of hydrogen-bond donors (Lipinski definition) is 1. The first-order chi connectivity index (χ1) is 15.8. The second-order valence-corrected chi connectivity index (χ2v) is 11.0. The highest BCUT2D eigenvalue weighted by atomic mass is 35.5. The zero-order valence-electron chi connectivity index (χ0n) is 17.8. The number of fused-ring (bicyclic) bond motifs is 1. The van der Waals surface area contributed by atoms with E-state index in [-0.39, 0.29) is 42.1 Å². The van der Waals surface area contributed by atoms with Gasteiger partial charge in [0, 0.05) is 29.6 Å². The highest BCUT2D eigenvalue weighted by Crippen LogP contribution is 2.37. The van der Waals surface area contributed by atoms with E-state index >= 15 is 0 Å². The van der Waals surface area contributed by atoms with Gasteiger partial charge in [-0.3, -0.25) is 9.59 Å². The van der Waals surface area contributed by atoms with E-state index < -0.39 is 10.0 Å². The molecule has 1 fully saturated rings. The number of nitrogens with one attached hydrogen (secondary N) is 1. The number of morpholine rings is 1. The minimum absolute atomic E-state index is 0.103. The molecule has 0 aliphatic carbocycles. The molecule has 0 unspecified atom stereocenters. The van der Waals surface area contributed by atoms with E-state index in [2.05, 4.69) is 5.32 Å². The summed E-state index contributed by atoms with van der Waals surface area (Å²) in [5.74, 6) is -0.349. The molecule has 11 heteroatoms. The molecular formula is C22H24ClN3O5S2. The van der Waals surface area contributed by atoms with Crippen molar-refractivity contribution in [1.29, 1.82) is 0 Å². The molecule has 0 bridgehead atoms. The fourth-order valence-electron chi connectivity index (χ4n) is 3.65. The zero-order valence-corrected chi connectivity index (χ0v) is 20.2. The molecule has 0 aromatic heterocycles. The normalized spacial score (nSPS) is 17.0. The Morgan fingerprint density at radius 3 is 2.58 bits per heavy atom. The molecule has 4 rings (SSSR count). The van der Waals surface area contributed by atoms with Gasteiger partial charge >= 0.3 is 0 Å². The Morgan fingerprint density at radius 1 is 1.12 bits per heavy atom. The van der Waals surface area contributed by atoms with Gasteiger partial charge in [-0.1, -0.05) is 23.7 Å². The maximum absolute atomic E-state index is 13.1. The average Bonchev–Trinajstić information content (AvgIpc) is 2.82. The summed E-state index contributed by atoms with van der Waals surface area (Å²) in [5, 5.41) is 3.48. The summed E-state index contributed by atoms with van der Waals surface area (Å²) >= 11 is 7.22. The summed E-state index contributed by atoms with van der Waals surface area (Å²) in [6.45, 7) is 1.50. The number of carbonyl (C=O) groups is 2. The Labute approximate surface area is 202 Å². The number of rotatable bonds is 7. The summed E-state index contributed by atoms with van der Waals surface area (Å²) in [7, 11) is -3.72. The Balaban J connectivity index is 1.46. The lowest BCUT2D eigenvalue weighted by molar-refractivity contribution is -0.122. The molecule has 2 aromatic carbocycles. The minimum Gasteiger partial charge on any atom is -0.379 e. The SMILES string of the molecule is O=C(CN1C(=O)CSc2ccc(S(=O)(=O)N3CCOCC3)cc21)NCCc1ccc(Cl)cc1. The largest absolute Gasteiger partial charge is 0.379 e. The first kappa shape index (κ1) is 24.0. The van der Waals surface area contributed by atoms with E-state index in [0.29, 0.717) is 36.9 Å². The third-order valence-electron chi connectivity index (χ3n) is 5.43. The summed E-state index contributed by atoms with van der Waals surface area (Å²) < 4.78 is 32.7. The molecule has 0 radical (unpaired) electrons. The van der Waals surface area contributed by atoms with Crippen molar-refractivity contribution in [2.75, 3.05) is 50.0 Å². The lowest BCUT2D eigenvalue weighted by atomic mass is 10.1. The lowest BCUT2D eigenvalue weighted by Gasteiger charge is -2.30. The van der Waals surface area contributed by atoms with Crippen molar-refractivity contribution in [3.63, 3.8) is 0 Å². The van der Waals surface area contributed by atoms with Crippen LogP contribution in [0.5, 0.6) is 0 Å². The van der Waals surface area contributed by atoms with Gasteiger partial charge in [0.1, 0.15) is 6.54 Å². The second-order valence-electron chi connectivity index (χ2n) is 7.64. The maximum Gasteiger partial charge on any atom is 0.243 e. The number of carbonyl (C=O) groups excluding carboxylic acids is 2. The van der Waals surface area contributed by atoms with Crippen molar-refractivity contribution < 1.29 is 22.7 Å². The van der Waals surface area contributed by atoms with Crippen molar-refractivity contribution in [1.82, 2.24) is 9.62 Å². The number of sulfonamides is 1. The summed E-state index contributed by atoms with van der Waals surface area (Å²) in [6.07, 6.45) is 0.630. The van der Waals surface area contributed by atoms with Crippen molar-refractivity contribution in [2.45, 2.75) is 16.2 Å². The molecule has 33 heavy (non-hydrogen) atoms. The lowest BCUT2D eigenvalue weighted by Crippen LogP contribution is -2.44. The number of benzene rings is 2. The first-order valence-electron chi connectivity index (χ1n) is 10.5. The molecule has 176 valence electrons. The van der Waals surface area contributed by atoms with Crippen LogP contribution < -0.4 is 10.2 Å². The first-order valence-corrected chi connectivity index (χ1v) is 13.3. The summed E-state index contributed by atoms with van der Waals surface area (Å²) in [4.78, 5) is 27.4. The molecule has 0 spiro atoms. The standard InChI is InChI=1S/C22H24ClN3O5S2/c23-17-3-1-16(2-4-17)7-8-24-21(27)14-26-19-13-18(5-6-20(19)32-15-22(26)28)33(29,30)25-9-11-31-12-10-25/h1-6,13H,7-12,14-15H2,(H,24,27). The van der Waals surface area contributed by atoms with Crippen LogP contribution in [-0.4, -0.2) is 69.7 Å². The van der Waals surface area contributed by atoms with Crippen LogP contribution in [0.1, 0.15) is 5.56 Å². The van der Waals surface area contributed by atoms with Gasteiger partial charge in [-0.05, 0) is 42.3 Å². The fraction of sp³-hybridized carbons (Fsp3) is 0.364. The van der Waals surface area contributed by atoms with Gasteiger partial charge in [-0.2, -0.15) is 4.31 Å². The minimum atomic E-state index is -3.72. The van der Waals surface area contributed by atoms with E-state index in [1.54, 1.807) is 24.3 Å². The van der Waals surface area contributed by atoms with E-state index in [4.69, 9.17) is 16.3 Å². The van der Waals surface area contributed by atoms with Crippen LogP contribution in [0.25, 0.3) is 0 Å². The van der Waals surface area contributed by atoms with Crippen LogP contribution >= 0.6 is 23.4 Å². The second kappa shape index (κ2) is 10.4. The number of anilines is 1. The van der Waals surface area contributed by atoms with Crippen LogP contribution in [0.2, 0.25) is 5.02 Å². The van der Waals surface area contributed by atoms with Gasteiger partial charge in [0.25, 0.3) is 0 Å². The maximum atomic E-state index is 13.1. The molecule has 1 saturated heterocycles. The van der Waals surface area contributed by atoms with Crippen molar-refractivity contribution in [3.05, 3.63) is 53.1 Å². The number of nitrogens with zero attached hydrogens (tertiary/aromatic N) is 2. The monoisotopic (exact) mass is 509 g/mol. The van der Waals surface area contributed by atoms with Crippen LogP contribution in [0.4, 0.5) is 5.69 Å². The van der Waals surface area contributed by atoms with Gasteiger partial charge in [-0.15, -0.1) is 11.8 Å². The third kappa shape index (κ3) is 5.70. The highest BCUT2D eigenvalue weighted by molar-refractivity contribution is 8.00. The average molecular weight is 510 g/mol. The van der Waals surface area contributed by atoms with E-state index in [0.717, 1.165) is 10.5 Å². The van der Waals surface area contributed by atoms with Gasteiger partial charge < -0.3 is 15.0 Å². The Bertz CT molecular complexity index is 1140. The Hall–Kier alpha value is -2.11. The third-order valence-corrected chi connectivity index (χ3v) is 8.63. The molecular weight excluding hydrogens is 486 g/mol. The molecule has 2 heterocycles. The molecule has 2 aliphatic rings. The van der Waals surface area contributed by atoms with Gasteiger partial charge in [0.2, 0.25) is 21.8 Å². The molecule has 2 aliphatic heterocycles. The van der Waals surface area contributed by atoms with Gasteiger partial charge in [0.05, 0.1) is 29.5 Å². The molecule has 1 N–H and O–H groups in total. The molecule has 2 amide bonds.